The van der Waals surface area contributed by atoms with Gasteiger partial charge in [-0.25, -0.2) is 0 Å². The molecule has 17 heavy (non-hydrogen) atoms. The summed E-state index contributed by atoms with van der Waals surface area (Å²) in [5.74, 6) is 0.124. The van der Waals surface area contributed by atoms with Gasteiger partial charge < -0.3 is 14.9 Å². The molecule has 1 N–H and O–H groups in total. The predicted octanol–water partition coefficient (Wildman–Crippen LogP) is -1.40. The molecule has 1 fully saturated rings. The molecule has 0 spiro atoms. The molecule has 2 amide bonds. The molecule has 0 aromatic carbocycles. The van der Waals surface area contributed by atoms with E-state index in [1.165, 1.54) is 0 Å². The van der Waals surface area contributed by atoms with Gasteiger partial charge in [-0.2, -0.15) is 0 Å². The number of piperazine rings is 1. The van der Waals surface area contributed by atoms with Gasteiger partial charge >= 0.3 is 0 Å². The van der Waals surface area contributed by atoms with Crippen molar-refractivity contribution in [1.82, 2.24) is 14.7 Å². The van der Waals surface area contributed by atoms with Crippen LogP contribution in [0.3, 0.4) is 0 Å². The van der Waals surface area contributed by atoms with Crippen LogP contribution in [0.2, 0.25) is 0 Å². The van der Waals surface area contributed by atoms with Gasteiger partial charge in [-0.15, -0.1) is 0 Å². The number of hydrogen-bond acceptors (Lipinski definition) is 4. The van der Waals surface area contributed by atoms with Gasteiger partial charge in [0.2, 0.25) is 11.8 Å². The molecule has 98 valence electrons. The molecular weight excluding hydrogens is 222 g/mol. The SMILES string of the molecule is CC(=O)N1CCN(C(=O)CN(C)CCO)CC1. The third-order valence-electron chi connectivity index (χ3n) is 2.96. The Morgan fingerprint density at radius 2 is 1.71 bits per heavy atom. The summed E-state index contributed by atoms with van der Waals surface area (Å²) in [7, 11) is 1.81. The largest absolute Gasteiger partial charge is 0.395 e. The van der Waals surface area contributed by atoms with Gasteiger partial charge in [0.05, 0.1) is 13.2 Å². The zero-order valence-corrected chi connectivity index (χ0v) is 10.6. The van der Waals surface area contributed by atoms with E-state index in [4.69, 9.17) is 5.11 Å². The van der Waals surface area contributed by atoms with Gasteiger partial charge in [-0.3, -0.25) is 14.5 Å². The lowest BCUT2D eigenvalue weighted by Gasteiger charge is -2.35. The molecule has 0 aromatic heterocycles. The van der Waals surface area contributed by atoms with E-state index >= 15 is 0 Å². The van der Waals surface area contributed by atoms with E-state index in [-0.39, 0.29) is 18.4 Å². The highest BCUT2D eigenvalue weighted by molar-refractivity contribution is 5.79. The summed E-state index contributed by atoms with van der Waals surface area (Å²) in [5, 5.41) is 8.74. The van der Waals surface area contributed by atoms with Crippen LogP contribution in [0.5, 0.6) is 0 Å². The third kappa shape index (κ3) is 4.32. The number of likely N-dealkylation sites (N-methyl/N-ethyl adjacent to an activating group) is 1. The first-order valence-corrected chi connectivity index (χ1v) is 5.87. The highest BCUT2D eigenvalue weighted by Gasteiger charge is 2.22. The number of rotatable bonds is 4. The lowest BCUT2D eigenvalue weighted by molar-refractivity contribution is -0.139. The maximum atomic E-state index is 11.9. The second kappa shape index (κ2) is 6.56. The van der Waals surface area contributed by atoms with E-state index in [2.05, 4.69) is 0 Å². The van der Waals surface area contributed by atoms with Crippen LogP contribution >= 0.6 is 0 Å². The highest BCUT2D eigenvalue weighted by atomic mass is 16.3. The van der Waals surface area contributed by atoms with Crippen LogP contribution in [0.1, 0.15) is 6.92 Å². The maximum Gasteiger partial charge on any atom is 0.236 e. The molecule has 1 aliphatic rings. The van der Waals surface area contributed by atoms with Crippen LogP contribution in [0.4, 0.5) is 0 Å². The average Bonchev–Trinajstić information content (AvgIpc) is 2.29. The summed E-state index contributed by atoms with van der Waals surface area (Å²) in [5.41, 5.74) is 0. The van der Waals surface area contributed by atoms with Crippen LogP contribution in [-0.4, -0.2) is 84.5 Å². The molecular formula is C11H21N3O3. The van der Waals surface area contributed by atoms with Crippen molar-refractivity contribution in [2.24, 2.45) is 0 Å². The fourth-order valence-corrected chi connectivity index (χ4v) is 1.85. The molecule has 6 heteroatoms. The Hall–Kier alpha value is -1.14. The van der Waals surface area contributed by atoms with Crippen molar-refractivity contribution in [3.05, 3.63) is 0 Å². The summed E-state index contributed by atoms with van der Waals surface area (Å²) in [6.07, 6.45) is 0. The first kappa shape index (κ1) is 13.9. The number of nitrogens with zero attached hydrogens (tertiary/aromatic N) is 3. The van der Waals surface area contributed by atoms with Crippen LogP contribution in [0, 0.1) is 0 Å². The second-order valence-electron chi connectivity index (χ2n) is 4.35. The Bertz CT molecular complexity index is 275. The summed E-state index contributed by atoms with van der Waals surface area (Å²) < 4.78 is 0. The molecule has 6 nitrogen and oxygen atoms in total. The lowest BCUT2D eigenvalue weighted by atomic mass is 10.3. The Kier molecular flexibility index (Phi) is 5.37. The van der Waals surface area contributed by atoms with Crippen LogP contribution in [0.15, 0.2) is 0 Å². The Morgan fingerprint density at radius 1 is 1.18 bits per heavy atom. The van der Waals surface area contributed by atoms with Crippen molar-refractivity contribution in [2.75, 3.05) is 52.9 Å². The molecule has 1 saturated heterocycles. The van der Waals surface area contributed by atoms with Crippen molar-refractivity contribution >= 4 is 11.8 Å². The van der Waals surface area contributed by atoms with Gasteiger partial charge in [-0.1, -0.05) is 0 Å². The van der Waals surface area contributed by atoms with Gasteiger partial charge in [0.25, 0.3) is 0 Å². The summed E-state index contributed by atoms with van der Waals surface area (Å²) in [4.78, 5) is 28.3. The van der Waals surface area contributed by atoms with Crippen LogP contribution in [-0.2, 0) is 9.59 Å². The van der Waals surface area contributed by atoms with Crippen molar-refractivity contribution in [1.29, 1.82) is 0 Å². The van der Waals surface area contributed by atoms with E-state index in [9.17, 15) is 9.59 Å². The van der Waals surface area contributed by atoms with Gasteiger partial charge in [0.1, 0.15) is 0 Å². The monoisotopic (exact) mass is 243 g/mol. The number of hydrogen-bond donors (Lipinski definition) is 1. The van der Waals surface area contributed by atoms with Crippen LogP contribution in [0.25, 0.3) is 0 Å². The standard InChI is InChI=1S/C11H21N3O3/c1-10(16)13-3-5-14(6-4-13)11(17)9-12(2)7-8-15/h15H,3-9H2,1-2H3. The quantitative estimate of drug-likeness (QED) is 0.660. The molecule has 0 radical (unpaired) electrons. The fourth-order valence-electron chi connectivity index (χ4n) is 1.85. The summed E-state index contributed by atoms with van der Waals surface area (Å²) in [6, 6.07) is 0. The van der Waals surface area contributed by atoms with Crippen molar-refractivity contribution in [2.45, 2.75) is 6.92 Å². The number of aliphatic hydroxyl groups is 1. The highest BCUT2D eigenvalue weighted by Crippen LogP contribution is 2.03. The Morgan fingerprint density at radius 3 is 2.18 bits per heavy atom. The van der Waals surface area contributed by atoms with Crippen LogP contribution < -0.4 is 0 Å². The van der Waals surface area contributed by atoms with Crippen molar-refractivity contribution < 1.29 is 14.7 Å². The van der Waals surface area contributed by atoms with E-state index < -0.39 is 0 Å². The second-order valence-corrected chi connectivity index (χ2v) is 4.35. The van der Waals surface area contributed by atoms with E-state index in [0.717, 1.165) is 0 Å². The molecule has 0 unspecified atom stereocenters. The Balaban J connectivity index is 2.33. The molecule has 0 bridgehead atoms. The minimum absolute atomic E-state index is 0.0574. The minimum atomic E-state index is 0.0574. The van der Waals surface area contributed by atoms with Crippen molar-refractivity contribution in [3.63, 3.8) is 0 Å². The fraction of sp³-hybridized carbons (Fsp3) is 0.818. The molecule has 0 aromatic rings. The van der Waals surface area contributed by atoms with E-state index in [0.29, 0.717) is 39.3 Å². The molecule has 0 atom stereocenters. The molecule has 0 aliphatic carbocycles. The first-order chi connectivity index (χ1) is 8.04. The smallest absolute Gasteiger partial charge is 0.236 e. The number of carbonyl (C=O) groups excluding carboxylic acids is 2. The summed E-state index contributed by atoms with van der Waals surface area (Å²) >= 11 is 0. The first-order valence-electron chi connectivity index (χ1n) is 5.87. The summed E-state index contributed by atoms with van der Waals surface area (Å²) in [6.45, 7) is 4.86. The van der Waals surface area contributed by atoms with E-state index in [1.54, 1.807) is 28.7 Å². The molecule has 1 aliphatic heterocycles. The number of aliphatic hydroxyl groups excluding tert-OH is 1. The predicted molar refractivity (Wildman–Crippen MR) is 63.4 cm³/mol. The van der Waals surface area contributed by atoms with E-state index in [1.807, 2.05) is 0 Å². The Labute approximate surface area is 102 Å². The van der Waals surface area contributed by atoms with Gasteiger partial charge in [0, 0.05) is 39.6 Å². The lowest BCUT2D eigenvalue weighted by Crippen LogP contribution is -2.52. The number of carbonyl (C=O) groups is 2. The molecule has 0 saturated carbocycles. The minimum Gasteiger partial charge on any atom is -0.395 e. The maximum absolute atomic E-state index is 11.9. The average molecular weight is 243 g/mol. The third-order valence-corrected chi connectivity index (χ3v) is 2.96. The van der Waals surface area contributed by atoms with Crippen molar-refractivity contribution in [3.8, 4) is 0 Å². The van der Waals surface area contributed by atoms with Gasteiger partial charge in [-0.05, 0) is 7.05 Å². The number of amides is 2. The molecule has 1 heterocycles. The van der Waals surface area contributed by atoms with Gasteiger partial charge in [0.15, 0.2) is 0 Å². The normalized spacial score (nSPS) is 16.5. The molecule has 1 rings (SSSR count). The topological polar surface area (TPSA) is 64.1 Å². The zero-order valence-electron chi connectivity index (χ0n) is 10.6. The zero-order chi connectivity index (χ0) is 12.8.